The second-order valence-corrected chi connectivity index (χ2v) is 9.74. The van der Waals surface area contributed by atoms with Crippen LogP contribution in [0.2, 0.25) is 5.02 Å². The third-order valence-electron chi connectivity index (χ3n) is 6.70. The van der Waals surface area contributed by atoms with Crippen molar-refractivity contribution in [3.05, 3.63) is 119 Å². The van der Waals surface area contributed by atoms with Crippen LogP contribution in [0.4, 0.5) is 0 Å². The summed E-state index contributed by atoms with van der Waals surface area (Å²) in [5.41, 5.74) is 4.46. The Morgan fingerprint density at radius 3 is 2.48 bits per heavy atom. The number of rotatable bonds is 9. The topological polar surface area (TPSA) is 108 Å². The predicted octanol–water partition coefficient (Wildman–Crippen LogP) is 7.43. The number of imidazole rings is 1. The molecule has 5 rings (SSSR count). The van der Waals surface area contributed by atoms with E-state index in [9.17, 15) is 14.7 Å². The van der Waals surface area contributed by atoms with Gasteiger partial charge in [-0.05, 0) is 47.9 Å². The number of aromatic nitrogens is 3. The van der Waals surface area contributed by atoms with Crippen molar-refractivity contribution < 1.29 is 14.7 Å². The first-order valence-electron chi connectivity index (χ1n) is 12.9. The van der Waals surface area contributed by atoms with Gasteiger partial charge >= 0.3 is 5.97 Å². The number of pyridine rings is 1. The predicted molar refractivity (Wildman–Crippen MR) is 156 cm³/mol. The Morgan fingerprint density at radius 2 is 1.75 bits per heavy atom. The van der Waals surface area contributed by atoms with Crippen molar-refractivity contribution >= 4 is 23.5 Å². The molecular weight excluding hydrogens is 524 g/mol. The molecule has 0 bridgehead atoms. The van der Waals surface area contributed by atoms with Gasteiger partial charge in [0.05, 0.1) is 23.5 Å². The molecule has 0 aliphatic rings. The quantitative estimate of drug-likeness (QED) is 0.177. The molecule has 5 aromatic rings. The lowest BCUT2D eigenvalue weighted by Gasteiger charge is -2.19. The van der Waals surface area contributed by atoms with Crippen molar-refractivity contribution in [2.24, 2.45) is 0 Å². The van der Waals surface area contributed by atoms with E-state index in [1.165, 1.54) is 6.07 Å². The molecule has 0 fully saturated rings. The van der Waals surface area contributed by atoms with E-state index in [0.29, 0.717) is 27.5 Å². The second-order valence-electron chi connectivity index (χ2n) is 9.33. The molecule has 7 nitrogen and oxygen atoms in total. The summed E-state index contributed by atoms with van der Waals surface area (Å²) in [6, 6.07) is 23.3. The monoisotopic (exact) mass is 550 g/mol. The van der Waals surface area contributed by atoms with E-state index >= 15 is 0 Å². The Kier molecular flexibility index (Phi) is 8.03. The summed E-state index contributed by atoms with van der Waals surface area (Å²) in [5, 5.41) is 13.6. The molecule has 0 aliphatic heterocycles. The maximum atomic E-state index is 13.3. The molecule has 0 radical (unpaired) electrons. The molecule has 40 heavy (non-hydrogen) atoms. The van der Waals surface area contributed by atoms with Crippen LogP contribution >= 0.6 is 11.6 Å². The number of carbonyl (C=O) groups excluding carboxylic acids is 1. The van der Waals surface area contributed by atoms with E-state index < -0.39 is 5.97 Å². The van der Waals surface area contributed by atoms with Gasteiger partial charge in [-0.2, -0.15) is 0 Å². The molecule has 8 heteroatoms. The molecule has 0 spiro atoms. The summed E-state index contributed by atoms with van der Waals surface area (Å²) in [5.74, 6) is -0.975. The zero-order valence-corrected chi connectivity index (χ0v) is 22.5. The van der Waals surface area contributed by atoms with Crippen LogP contribution in [0.25, 0.3) is 33.8 Å². The normalized spacial score (nSPS) is 11.7. The zero-order chi connectivity index (χ0) is 28.1. The lowest BCUT2D eigenvalue weighted by atomic mass is 9.93. The van der Waals surface area contributed by atoms with Crippen molar-refractivity contribution in [3.8, 4) is 33.8 Å². The Hall–Kier alpha value is -4.75. The summed E-state index contributed by atoms with van der Waals surface area (Å²) >= 11 is 6.67. The van der Waals surface area contributed by atoms with Gasteiger partial charge in [-0.25, -0.2) is 9.78 Å². The fourth-order valence-corrected chi connectivity index (χ4v) is 5.03. The Bertz CT molecular complexity index is 1650. The molecule has 0 saturated heterocycles. The SMILES string of the molecule is CCC[C@@H](NC(=O)c1ccc(-c2c(Cl)cccc2-c2ncc(-c3ccncc3)[nH]2)c(C(=O)O)c1)c1ccccc1. The highest BCUT2D eigenvalue weighted by Gasteiger charge is 2.22. The molecule has 0 aliphatic carbocycles. The summed E-state index contributed by atoms with van der Waals surface area (Å²) in [6.07, 6.45) is 6.74. The smallest absolute Gasteiger partial charge is 0.336 e. The van der Waals surface area contributed by atoms with Crippen LogP contribution in [-0.2, 0) is 0 Å². The lowest BCUT2D eigenvalue weighted by Crippen LogP contribution is -2.28. The van der Waals surface area contributed by atoms with Crippen LogP contribution in [-0.4, -0.2) is 31.9 Å². The molecular formula is C32H27ClN4O3. The molecule has 3 N–H and O–H groups in total. The largest absolute Gasteiger partial charge is 0.478 e. The molecule has 1 amide bonds. The first-order valence-corrected chi connectivity index (χ1v) is 13.3. The van der Waals surface area contributed by atoms with Crippen LogP contribution in [0.3, 0.4) is 0 Å². The van der Waals surface area contributed by atoms with Gasteiger partial charge in [0.2, 0.25) is 0 Å². The maximum absolute atomic E-state index is 13.3. The number of hydrogen-bond acceptors (Lipinski definition) is 4. The summed E-state index contributed by atoms with van der Waals surface area (Å²) in [6.45, 7) is 2.06. The molecule has 2 heterocycles. The third kappa shape index (κ3) is 5.65. The zero-order valence-electron chi connectivity index (χ0n) is 21.8. The standard InChI is InChI=1S/C32H27ClN4O3/c1-2-7-27(20-8-4-3-5-9-20)37-31(38)22-12-13-23(25(18-22)32(39)40)29-24(10-6-11-26(29)33)30-35-19-28(36-30)21-14-16-34-17-15-21/h3-6,8-19,27H,2,7H2,1H3,(H,35,36)(H,37,38)(H,39,40)/t27-/m1/s1. The molecule has 1 atom stereocenters. The number of nitrogens with zero attached hydrogens (tertiary/aromatic N) is 2. The molecule has 0 saturated carbocycles. The van der Waals surface area contributed by atoms with Crippen molar-refractivity contribution in [1.82, 2.24) is 20.3 Å². The summed E-state index contributed by atoms with van der Waals surface area (Å²) in [7, 11) is 0. The lowest BCUT2D eigenvalue weighted by molar-refractivity contribution is 0.0697. The van der Waals surface area contributed by atoms with E-state index in [0.717, 1.165) is 29.7 Å². The summed E-state index contributed by atoms with van der Waals surface area (Å²) < 4.78 is 0. The average Bonchev–Trinajstić information content (AvgIpc) is 3.48. The van der Waals surface area contributed by atoms with E-state index in [4.69, 9.17) is 11.6 Å². The third-order valence-corrected chi connectivity index (χ3v) is 7.02. The van der Waals surface area contributed by atoms with Crippen LogP contribution in [0, 0.1) is 0 Å². The minimum atomic E-state index is -1.17. The number of halogens is 1. The van der Waals surface area contributed by atoms with E-state index in [-0.39, 0.29) is 23.1 Å². The van der Waals surface area contributed by atoms with Gasteiger partial charge < -0.3 is 15.4 Å². The highest BCUT2D eigenvalue weighted by atomic mass is 35.5. The van der Waals surface area contributed by atoms with Crippen molar-refractivity contribution in [2.75, 3.05) is 0 Å². The molecule has 0 unspecified atom stereocenters. The van der Waals surface area contributed by atoms with Gasteiger partial charge in [0, 0.05) is 39.7 Å². The van der Waals surface area contributed by atoms with Crippen molar-refractivity contribution in [1.29, 1.82) is 0 Å². The van der Waals surface area contributed by atoms with E-state index in [1.807, 2.05) is 48.5 Å². The van der Waals surface area contributed by atoms with Crippen LogP contribution in [0.15, 0.2) is 97.5 Å². The number of amides is 1. The Morgan fingerprint density at radius 1 is 0.975 bits per heavy atom. The van der Waals surface area contributed by atoms with Crippen LogP contribution in [0.5, 0.6) is 0 Å². The molecule has 3 aromatic carbocycles. The van der Waals surface area contributed by atoms with Crippen LogP contribution < -0.4 is 5.32 Å². The Labute approximate surface area is 236 Å². The first-order chi connectivity index (χ1) is 19.5. The fourth-order valence-electron chi connectivity index (χ4n) is 4.75. The second kappa shape index (κ2) is 12.0. The minimum absolute atomic E-state index is 0.0327. The first kappa shape index (κ1) is 26.8. The van der Waals surface area contributed by atoms with Gasteiger partial charge in [-0.15, -0.1) is 0 Å². The number of H-pyrrole nitrogens is 1. The van der Waals surface area contributed by atoms with Crippen LogP contribution in [0.1, 0.15) is 52.1 Å². The Balaban J connectivity index is 1.52. The number of carbonyl (C=O) groups is 2. The number of aromatic amines is 1. The highest BCUT2D eigenvalue weighted by molar-refractivity contribution is 6.34. The minimum Gasteiger partial charge on any atom is -0.478 e. The number of aromatic carboxylic acids is 1. The van der Waals surface area contributed by atoms with Crippen molar-refractivity contribution in [2.45, 2.75) is 25.8 Å². The van der Waals surface area contributed by atoms with E-state index in [1.54, 1.807) is 42.9 Å². The fraction of sp³-hybridized carbons (Fsp3) is 0.125. The molecule has 2 aromatic heterocycles. The van der Waals surface area contributed by atoms with Gasteiger partial charge in [-0.3, -0.25) is 9.78 Å². The summed E-state index contributed by atoms with van der Waals surface area (Å²) in [4.78, 5) is 37.6. The number of nitrogens with one attached hydrogen (secondary N) is 2. The van der Waals surface area contributed by atoms with Gasteiger partial charge in [0.25, 0.3) is 5.91 Å². The molecule has 200 valence electrons. The maximum Gasteiger partial charge on any atom is 0.336 e. The number of hydrogen-bond donors (Lipinski definition) is 3. The van der Waals surface area contributed by atoms with Gasteiger partial charge in [0.15, 0.2) is 0 Å². The number of benzene rings is 3. The van der Waals surface area contributed by atoms with E-state index in [2.05, 4.69) is 27.2 Å². The van der Waals surface area contributed by atoms with Gasteiger partial charge in [-0.1, -0.05) is 73.5 Å². The average molecular weight is 551 g/mol. The number of carboxylic acid groups (broad SMARTS) is 1. The number of carboxylic acids is 1. The van der Waals surface area contributed by atoms with Gasteiger partial charge in [0.1, 0.15) is 5.82 Å². The van der Waals surface area contributed by atoms with Crippen molar-refractivity contribution in [3.63, 3.8) is 0 Å². The highest BCUT2D eigenvalue weighted by Crippen LogP contribution is 2.39.